The number of carbonyl (C=O) groups excluding carboxylic acids is 1. The molecule has 1 amide bonds. The molecule has 1 heterocycles. The SMILES string of the molecule is CN(Cc1cc(Cl)cc(Cl)c1)C(=O)CN1C(C(=O)O)CC2CCCCC21. The second kappa shape index (κ2) is 8.15. The molecular formula is C19H24Cl2N2O3. The van der Waals surface area contributed by atoms with Gasteiger partial charge in [0.15, 0.2) is 0 Å². The minimum atomic E-state index is -0.823. The Bertz CT molecular complexity index is 677. The van der Waals surface area contributed by atoms with E-state index in [1.54, 1.807) is 30.1 Å². The van der Waals surface area contributed by atoms with Gasteiger partial charge in [0.1, 0.15) is 6.04 Å². The van der Waals surface area contributed by atoms with Crippen molar-refractivity contribution in [1.82, 2.24) is 9.80 Å². The van der Waals surface area contributed by atoms with E-state index in [0.29, 0.717) is 28.9 Å². The Hall–Kier alpha value is -1.30. The Morgan fingerprint density at radius 1 is 1.19 bits per heavy atom. The molecule has 7 heteroatoms. The standard InChI is InChI=1S/C19H24Cl2N2O3/c1-22(10-12-6-14(20)9-15(21)7-12)18(24)11-23-16-5-3-2-4-13(16)8-17(23)19(25)26/h6-7,9,13,16-17H,2-5,8,10-11H2,1H3,(H,25,26). The third kappa shape index (κ3) is 4.33. The average molecular weight is 399 g/mol. The Balaban J connectivity index is 1.67. The third-order valence-electron chi connectivity index (χ3n) is 5.59. The van der Waals surface area contributed by atoms with Gasteiger partial charge in [-0.1, -0.05) is 36.0 Å². The first kappa shape index (κ1) is 19.5. The number of carboxylic acids is 1. The number of likely N-dealkylation sites (tertiary alicyclic amines) is 1. The van der Waals surface area contributed by atoms with E-state index >= 15 is 0 Å². The molecule has 2 fully saturated rings. The number of aliphatic carboxylic acids is 1. The van der Waals surface area contributed by atoms with E-state index in [0.717, 1.165) is 31.2 Å². The van der Waals surface area contributed by atoms with Crippen LogP contribution >= 0.6 is 23.2 Å². The second-order valence-electron chi connectivity index (χ2n) is 7.40. The summed E-state index contributed by atoms with van der Waals surface area (Å²) in [7, 11) is 1.72. The molecule has 5 nitrogen and oxygen atoms in total. The first-order valence-electron chi connectivity index (χ1n) is 9.02. The third-order valence-corrected chi connectivity index (χ3v) is 6.03. The van der Waals surface area contributed by atoms with Crippen LogP contribution in [0.2, 0.25) is 10.0 Å². The molecule has 1 saturated carbocycles. The van der Waals surface area contributed by atoms with E-state index in [9.17, 15) is 14.7 Å². The number of likely N-dealkylation sites (N-methyl/N-ethyl adjacent to an activating group) is 1. The summed E-state index contributed by atoms with van der Waals surface area (Å²) in [5, 5.41) is 10.6. The van der Waals surface area contributed by atoms with Crippen molar-refractivity contribution in [2.45, 2.75) is 50.7 Å². The zero-order valence-corrected chi connectivity index (χ0v) is 16.3. The summed E-state index contributed by atoms with van der Waals surface area (Å²) in [6.07, 6.45) is 4.96. The van der Waals surface area contributed by atoms with Gasteiger partial charge in [-0.05, 0) is 48.9 Å². The molecule has 0 aromatic heterocycles. The summed E-state index contributed by atoms with van der Waals surface area (Å²) in [5.41, 5.74) is 0.852. The number of benzene rings is 1. The lowest BCUT2D eigenvalue weighted by Gasteiger charge is -2.33. The number of halogens is 2. The van der Waals surface area contributed by atoms with E-state index in [1.807, 2.05) is 4.90 Å². The van der Waals surface area contributed by atoms with Gasteiger partial charge in [-0.2, -0.15) is 0 Å². The molecule has 1 aliphatic heterocycles. The smallest absolute Gasteiger partial charge is 0.320 e. The first-order valence-corrected chi connectivity index (χ1v) is 9.78. The molecule has 0 bridgehead atoms. The largest absolute Gasteiger partial charge is 0.480 e. The highest BCUT2D eigenvalue weighted by Gasteiger charge is 2.45. The van der Waals surface area contributed by atoms with E-state index in [4.69, 9.17) is 23.2 Å². The highest BCUT2D eigenvalue weighted by Crippen LogP contribution is 2.39. The van der Waals surface area contributed by atoms with Crippen LogP contribution in [0.5, 0.6) is 0 Å². The van der Waals surface area contributed by atoms with E-state index < -0.39 is 12.0 Å². The monoisotopic (exact) mass is 398 g/mol. The van der Waals surface area contributed by atoms with E-state index in [-0.39, 0.29) is 18.5 Å². The molecule has 0 spiro atoms. The molecule has 1 aromatic rings. The van der Waals surface area contributed by atoms with Crippen molar-refractivity contribution < 1.29 is 14.7 Å². The highest BCUT2D eigenvalue weighted by atomic mass is 35.5. The number of amides is 1. The molecule has 3 atom stereocenters. The maximum Gasteiger partial charge on any atom is 0.320 e. The number of hydrogen-bond acceptors (Lipinski definition) is 3. The van der Waals surface area contributed by atoms with Crippen molar-refractivity contribution in [1.29, 1.82) is 0 Å². The maximum absolute atomic E-state index is 12.7. The van der Waals surface area contributed by atoms with Crippen LogP contribution in [0.3, 0.4) is 0 Å². The number of fused-ring (bicyclic) bond motifs is 1. The molecule has 26 heavy (non-hydrogen) atoms. The molecule has 1 aromatic carbocycles. The molecule has 0 radical (unpaired) electrons. The van der Waals surface area contributed by atoms with Crippen LogP contribution in [0.1, 0.15) is 37.7 Å². The Kier molecular flexibility index (Phi) is 6.10. The Morgan fingerprint density at radius 3 is 2.50 bits per heavy atom. The number of rotatable bonds is 5. The number of carboxylic acid groups (broad SMARTS) is 1. The molecule has 2 aliphatic rings. The quantitative estimate of drug-likeness (QED) is 0.821. The predicted molar refractivity (Wildman–Crippen MR) is 101 cm³/mol. The minimum Gasteiger partial charge on any atom is -0.480 e. The van der Waals surface area contributed by atoms with Crippen molar-refractivity contribution in [2.24, 2.45) is 5.92 Å². The predicted octanol–water partition coefficient (Wildman–Crippen LogP) is 3.67. The van der Waals surface area contributed by atoms with Gasteiger partial charge >= 0.3 is 5.97 Å². The van der Waals surface area contributed by atoms with Gasteiger partial charge in [-0.3, -0.25) is 14.5 Å². The lowest BCUT2D eigenvalue weighted by atomic mass is 9.85. The zero-order valence-electron chi connectivity index (χ0n) is 14.8. The van der Waals surface area contributed by atoms with Gasteiger partial charge in [0.25, 0.3) is 0 Å². The van der Waals surface area contributed by atoms with Crippen molar-refractivity contribution in [2.75, 3.05) is 13.6 Å². The molecular weight excluding hydrogens is 375 g/mol. The van der Waals surface area contributed by atoms with Crippen LogP contribution in [0.25, 0.3) is 0 Å². The maximum atomic E-state index is 12.7. The normalized spacial score (nSPS) is 25.7. The summed E-state index contributed by atoms with van der Waals surface area (Å²) < 4.78 is 0. The van der Waals surface area contributed by atoms with Gasteiger partial charge < -0.3 is 10.0 Å². The van der Waals surface area contributed by atoms with Crippen LogP contribution in [-0.2, 0) is 16.1 Å². The lowest BCUT2D eigenvalue weighted by Crippen LogP contribution is -2.47. The number of nitrogens with zero attached hydrogens (tertiary/aromatic N) is 2. The van der Waals surface area contributed by atoms with Crippen molar-refractivity contribution in [3.8, 4) is 0 Å². The Labute approximate surface area is 163 Å². The fraction of sp³-hybridized carbons (Fsp3) is 0.579. The summed E-state index contributed by atoms with van der Waals surface area (Å²) in [5.74, 6) is -0.509. The van der Waals surface area contributed by atoms with Gasteiger partial charge in [0.2, 0.25) is 5.91 Å². The van der Waals surface area contributed by atoms with E-state index in [1.165, 1.54) is 0 Å². The molecule has 1 aliphatic carbocycles. The Morgan fingerprint density at radius 2 is 1.85 bits per heavy atom. The molecule has 1 saturated heterocycles. The summed E-state index contributed by atoms with van der Waals surface area (Å²) in [4.78, 5) is 27.9. The number of hydrogen-bond donors (Lipinski definition) is 1. The summed E-state index contributed by atoms with van der Waals surface area (Å²) in [6.45, 7) is 0.529. The lowest BCUT2D eigenvalue weighted by molar-refractivity contribution is -0.144. The van der Waals surface area contributed by atoms with Crippen molar-refractivity contribution in [3.05, 3.63) is 33.8 Å². The highest BCUT2D eigenvalue weighted by molar-refractivity contribution is 6.34. The molecule has 3 unspecified atom stereocenters. The average Bonchev–Trinajstić information content (AvgIpc) is 2.93. The van der Waals surface area contributed by atoms with Crippen molar-refractivity contribution in [3.63, 3.8) is 0 Å². The van der Waals surface area contributed by atoms with Gasteiger partial charge in [-0.15, -0.1) is 0 Å². The first-order chi connectivity index (χ1) is 12.3. The van der Waals surface area contributed by atoms with E-state index in [2.05, 4.69) is 0 Å². The zero-order chi connectivity index (χ0) is 18.8. The molecule has 1 N–H and O–H groups in total. The van der Waals surface area contributed by atoms with Crippen LogP contribution in [0, 0.1) is 5.92 Å². The fourth-order valence-electron chi connectivity index (χ4n) is 4.36. The van der Waals surface area contributed by atoms with Crippen LogP contribution in [0.4, 0.5) is 0 Å². The van der Waals surface area contributed by atoms with Gasteiger partial charge in [0, 0.05) is 29.7 Å². The summed E-state index contributed by atoms with van der Waals surface area (Å²) >= 11 is 12.0. The number of carbonyl (C=O) groups is 2. The second-order valence-corrected chi connectivity index (χ2v) is 8.27. The van der Waals surface area contributed by atoms with Gasteiger partial charge in [0.05, 0.1) is 6.54 Å². The van der Waals surface area contributed by atoms with Gasteiger partial charge in [-0.25, -0.2) is 0 Å². The summed E-state index contributed by atoms with van der Waals surface area (Å²) in [6, 6.07) is 4.87. The van der Waals surface area contributed by atoms with Crippen LogP contribution < -0.4 is 0 Å². The molecule has 142 valence electrons. The van der Waals surface area contributed by atoms with Crippen LogP contribution in [-0.4, -0.2) is 52.5 Å². The fourth-order valence-corrected chi connectivity index (χ4v) is 4.94. The topological polar surface area (TPSA) is 60.9 Å². The minimum absolute atomic E-state index is 0.0847. The molecule has 3 rings (SSSR count). The van der Waals surface area contributed by atoms with Crippen molar-refractivity contribution >= 4 is 35.1 Å². The van der Waals surface area contributed by atoms with Crippen LogP contribution in [0.15, 0.2) is 18.2 Å².